The molecule has 0 fully saturated rings. The number of nitrogens with one attached hydrogen (secondary N) is 1. The van der Waals surface area contributed by atoms with E-state index in [1.165, 1.54) is 38.6 Å². The molecule has 3 heteroatoms. The number of carbonyl (C=O) groups is 1. The van der Waals surface area contributed by atoms with E-state index in [4.69, 9.17) is 0 Å². The van der Waals surface area contributed by atoms with E-state index in [9.17, 15) is 9.90 Å². The zero-order valence-corrected chi connectivity index (χ0v) is 26.1. The number of benzene rings is 5. The zero-order valence-electron chi connectivity index (χ0n) is 26.1. The van der Waals surface area contributed by atoms with Crippen LogP contribution in [-0.2, 0) is 13.0 Å². The Morgan fingerprint density at radius 3 is 2.39 bits per heavy atom. The van der Waals surface area contributed by atoms with Crippen LogP contribution in [0, 0.1) is 5.92 Å². The summed E-state index contributed by atoms with van der Waals surface area (Å²) in [5, 5.41) is 15.4. The number of aliphatic hydroxyl groups is 1. The normalized spacial score (nSPS) is 17.2. The minimum atomic E-state index is -0.113. The zero-order chi connectivity index (χ0) is 30.8. The fraction of sp³-hybridized carbons (Fsp3) is 0.244. The molecule has 5 aromatic carbocycles. The SMILES string of the molecule is CC1=C(C)c2cc(C(=O)NC(C)c3cccc4ccccc34)ccc2C(C)C(Cc2ccc(-c3ccccc3CO)cc2)C1. The molecule has 0 spiro atoms. The molecule has 1 amide bonds. The van der Waals surface area contributed by atoms with Crippen molar-refractivity contribution in [3.63, 3.8) is 0 Å². The van der Waals surface area contributed by atoms with Crippen LogP contribution in [0.1, 0.15) is 84.3 Å². The van der Waals surface area contributed by atoms with Gasteiger partial charge in [0.05, 0.1) is 12.6 Å². The van der Waals surface area contributed by atoms with Crippen LogP contribution >= 0.6 is 0 Å². The molecule has 0 heterocycles. The number of aliphatic hydroxyl groups excluding tert-OH is 1. The highest BCUT2D eigenvalue weighted by molar-refractivity contribution is 5.96. The van der Waals surface area contributed by atoms with Crippen molar-refractivity contribution in [3.8, 4) is 11.1 Å². The van der Waals surface area contributed by atoms with Crippen LogP contribution in [0.3, 0.4) is 0 Å². The highest BCUT2D eigenvalue weighted by Gasteiger charge is 2.27. The first-order valence-corrected chi connectivity index (χ1v) is 15.7. The topological polar surface area (TPSA) is 49.3 Å². The molecule has 0 saturated heterocycles. The van der Waals surface area contributed by atoms with Gasteiger partial charge in [0.1, 0.15) is 0 Å². The van der Waals surface area contributed by atoms with Crippen molar-refractivity contribution in [2.24, 2.45) is 5.92 Å². The molecular weight excluding hydrogens is 538 g/mol. The van der Waals surface area contributed by atoms with Gasteiger partial charge in [-0.1, -0.05) is 110 Å². The maximum absolute atomic E-state index is 13.5. The Balaban J connectivity index is 1.22. The summed E-state index contributed by atoms with van der Waals surface area (Å²) in [7, 11) is 0. The van der Waals surface area contributed by atoms with Gasteiger partial charge >= 0.3 is 0 Å². The number of allylic oxidation sites excluding steroid dienone is 2. The summed E-state index contributed by atoms with van der Waals surface area (Å²) in [6.07, 6.45) is 2.01. The molecule has 3 nitrogen and oxygen atoms in total. The smallest absolute Gasteiger partial charge is 0.251 e. The Bertz CT molecular complexity index is 1840. The highest BCUT2D eigenvalue weighted by Crippen LogP contribution is 2.42. The van der Waals surface area contributed by atoms with Crippen LogP contribution < -0.4 is 5.32 Å². The average Bonchev–Trinajstić information content (AvgIpc) is 3.14. The number of carbonyl (C=O) groups excluding carboxylic acids is 1. The lowest BCUT2D eigenvalue weighted by molar-refractivity contribution is 0.0940. The molecule has 0 aromatic heterocycles. The molecule has 0 saturated carbocycles. The summed E-state index contributed by atoms with van der Waals surface area (Å²) in [6.45, 7) is 8.88. The molecular formula is C41H41NO2. The molecule has 1 aliphatic carbocycles. The van der Waals surface area contributed by atoms with Crippen molar-refractivity contribution < 1.29 is 9.90 Å². The average molecular weight is 580 g/mol. The second kappa shape index (κ2) is 12.6. The van der Waals surface area contributed by atoms with Crippen molar-refractivity contribution in [2.75, 3.05) is 0 Å². The second-order valence-corrected chi connectivity index (χ2v) is 12.4. The molecule has 0 aliphatic heterocycles. The molecule has 5 aromatic rings. The van der Waals surface area contributed by atoms with Crippen molar-refractivity contribution in [1.82, 2.24) is 5.32 Å². The molecule has 0 bridgehead atoms. The van der Waals surface area contributed by atoms with E-state index in [0.29, 0.717) is 17.4 Å². The Hall–Kier alpha value is -4.47. The van der Waals surface area contributed by atoms with Crippen LogP contribution in [0.15, 0.2) is 115 Å². The summed E-state index contributed by atoms with van der Waals surface area (Å²) in [5.41, 5.74) is 11.5. The van der Waals surface area contributed by atoms with Gasteiger partial charge in [0, 0.05) is 5.56 Å². The number of hydrogen-bond acceptors (Lipinski definition) is 2. The Labute approximate surface area is 261 Å². The Kier molecular flexibility index (Phi) is 8.50. The summed E-state index contributed by atoms with van der Waals surface area (Å²) in [5.74, 6) is 0.752. The fourth-order valence-corrected chi connectivity index (χ4v) is 6.92. The van der Waals surface area contributed by atoms with Crippen molar-refractivity contribution in [3.05, 3.63) is 148 Å². The van der Waals surface area contributed by atoms with Crippen LogP contribution in [0.5, 0.6) is 0 Å². The van der Waals surface area contributed by atoms with Crippen molar-refractivity contribution >= 4 is 22.3 Å². The predicted molar refractivity (Wildman–Crippen MR) is 183 cm³/mol. The van der Waals surface area contributed by atoms with E-state index in [1.807, 2.05) is 36.4 Å². The molecule has 6 rings (SSSR count). The summed E-state index contributed by atoms with van der Waals surface area (Å²) in [6, 6.07) is 37.6. The first-order chi connectivity index (χ1) is 21.3. The van der Waals surface area contributed by atoms with Gasteiger partial charge in [0.25, 0.3) is 5.91 Å². The highest BCUT2D eigenvalue weighted by atomic mass is 16.3. The first-order valence-electron chi connectivity index (χ1n) is 15.7. The lowest BCUT2D eigenvalue weighted by atomic mass is 9.80. The summed E-state index contributed by atoms with van der Waals surface area (Å²) in [4.78, 5) is 13.5. The van der Waals surface area contributed by atoms with Gasteiger partial charge in [0.2, 0.25) is 0 Å². The number of amides is 1. The number of fused-ring (bicyclic) bond motifs is 2. The van der Waals surface area contributed by atoms with Gasteiger partial charge in [-0.2, -0.15) is 0 Å². The minimum absolute atomic E-state index is 0.0362. The summed E-state index contributed by atoms with van der Waals surface area (Å²) < 4.78 is 0. The lowest BCUT2D eigenvalue weighted by Crippen LogP contribution is -2.27. The van der Waals surface area contributed by atoms with E-state index in [0.717, 1.165) is 35.1 Å². The van der Waals surface area contributed by atoms with Gasteiger partial charge in [-0.25, -0.2) is 0 Å². The van der Waals surface area contributed by atoms with E-state index in [-0.39, 0.29) is 18.6 Å². The minimum Gasteiger partial charge on any atom is -0.392 e. The van der Waals surface area contributed by atoms with Gasteiger partial charge in [-0.3, -0.25) is 4.79 Å². The third kappa shape index (κ3) is 5.85. The predicted octanol–water partition coefficient (Wildman–Crippen LogP) is 9.65. The Morgan fingerprint density at radius 2 is 1.59 bits per heavy atom. The van der Waals surface area contributed by atoms with E-state index in [2.05, 4.69) is 106 Å². The second-order valence-electron chi connectivity index (χ2n) is 12.4. The number of hydrogen-bond donors (Lipinski definition) is 2. The van der Waals surface area contributed by atoms with Gasteiger partial charge in [0.15, 0.2) is 0 Å². The van der Waals surface area contributed by atoms with Crippen LogP contribution in [0.25, 0.3) is 27.5 Å². The standard InChI is InChI=1S/C41H41NO2/c1-26-22-35(23-30-16-18-32(19-17-30)38-13-7-6-11-34(38)25-43)28(3)36-21-20-33(24-40(36)27(26)2)41(44)42-29(4)37-15-9-12-31-10-5-8-14-39(31)37/h5-21,24,28-29,35,43H,22-23,25H2,1-4H3,(H,42,44). The monoisotopic (exact) mass is 579 g/mol. The molecule has 3 unspecified atom stereocenters. The molecule has 222 valence electrons. The lowest BCUT2D eigenvalue weighted by Gasteiger charge is -2.24. The maximum atomic E-state index is 13.5. The van der Waals surface area contributed by atoms with Gasteiger partial charge < -0.3 is 10.4 Å². The Morgan fingerprint density at radius 1 is 0.864 bits per heavy atom. The number of rotatable bonds is 7. The molecule has 0 radical (unpaired) electrons. The van der Waals surface area contributed by atoms with Gasteiger partial charge in [-0.05, 0) is 113 Å². The maximum Gasteiger partial charge on any atom is 0.251 e. The quantitative estimate of drug-likeness (QED) is 0.202. The molecule has 2 N–H and O–H groups in total. The van der Waals surface area contributed by atoms with Gasteiger partial charge in [-0.15, -0.1) is 0 Å². The third-order valence-corrected chi connectivity index (χ3v) is 9.71. The fourth-order valence-electron chi connectivity index (χ4n) is 6.92. The van der Waals surface area contributed by atoms with E-state index >= 15 is 0 Å². The largest absolute Gasteiger partial charge is 0.392 e. The van der Waals surface area contributed by atoms with Crippen LogP contribution in [-0.4, -0.2) is 11.0 Å². The molecule has 44 heavy (non-hydrogen) atoms. The van der Waals surface area contributed by atoms with Crippen LogP contribution in [0.2, 0.25) is 0 Å². The summed E-state index contributed by atoms with van der Waals surface area (Å²) >= 11 is 0. The molecule has 1 aliphatic rings. The van der Waals surface area contributed by atoms with E-state index in [1.54, 1.807) is 0 Å². The van der Waals surface area contributed by atoms with Crippen molar-refractivity contribution in [2.45, 2.75) is 59.1 Å². The third-order valence-electron chi connectivity index (χ3n) is 9.71. The van der Waals surface area contributed by atoms with Crippen LogP contribution in [0.4, 0.5) is 0 Å². The van der Waals surface area contributed by atoms with E-state index < -0.39 is 0 Å². The van der Waals surface area contributed by atoms with Crippen molar-refractivity contribution in [1.29, 1.82) is 0 Å². The first kappa shape index (κ1) is 29.6. The molecule has 3 atom stereocenters.